The summed E-state index contributed by atoms with van der Waals surface area (Å²) in [6.45, 7) is 4.09. The molecule has 1 N–H and O–H groups in total. The SMILES string of the molecule is COc1ccc(OC)c(C2(C)CC(=O)NC2C)c1. The van der Waals surface area contributed by atoms with Gasteiger partial charge in [-0.1, -0.05) is 6.92 Å². The molecule has 2 rings (SSSR count). The number of benzene rings is 1. The number of hydrogen-bond donors (Lipinski definition) is 1. The van der Waals surface area contributed by atoms with Crippen LogP contribution in [0.25, 0.3) is 0 Å². The van der Waals surface area contributed by atoms with Crippen LogP contribution in [0.3, 0.4) is 0 Å². The third-order valence-electron chi connectivity index (χ3n) is 3.88. The zero-order valence-electron chi connectivity index (χ0n) is 11.2. The predicted molar refractivity (Wildman–Crippen MR) is 69.1 cm³/mol. The van der Waals surface area contributed by atoms with Gasteiger partial charge in [-0.2, -0.15) is 0 Å². The van der Waals surface area contributed by atoms with Crippen LogP contribution in [0.2, 0.25) is 0 Å². The van der Waals surface area contributed by atoms with E-state index >= 15 is 0 Å². The molecular formula is C14H19NO3. The minimum absolute atomic E-state index is 0.0750. The molecule has 1 aliphatic heterocycles. The van der Waals surface area contributed by atoms with Gasteiger partial charge in [0, 0.05) is 23.4 Å². The average Bonchev–Trinajstić information content (AvgIpc) is 2.63. The van der Waals surface area contributed by atoms with Gasteiger partial charge in [-0.15, -0.1) is 0 Å². The van der Waals surface area contributed by atoms with Crippen LogP contribution in [0.4, 0.5) is 0 Å². The van der Waals surface area contributed by atoms with Crippen molar-refractivity contribution in [3.8, 4) is 11.5 Å². The summed E-state index contributed by atoms with van der Waals surface area (Å²) in [5, 5.41) is 2.96. The number of rotatable bonds is 3. The second-order valence-electron chi connectivity index (χ2n) is 4.95. The Morgan fingerprint density at radius 2 is 2.06 bits per heavy atom. The molecule has 1 fully saturated rings. The van der Waals surface area contributed by atoms with E-state index in [1.54, 1.807) is 14.2 Å². The monoisotopic (exact) mass is 249 g/mol. The first-order valence-electron chi connectivity index (χ1n) is 6.03. The number of nitrogens with one attached hydrogen (secondary N) is 1. The van der Waals surface area contributed by atoms with Crippen LogP contribution < -0.4 is 14.8 Å². The fraction of sp³-hybridized carbons (Fsp3) is 0.500. The van der Waals surface area contributed by atoms with E-state index in [4.69, 9.17) is 9.47 Å². The number of amides is 1. The lowest BCUT2D eigenvalue weighted by Crippen LogP contribution is -2.35. The van der Waals surface area contributed by atoms with Gasteiger partial charge in [-0.3, -0.25) is 4.79 Å². The molecule has 1 aromatic rings. The van der Waals surface area contributed by atoms with E-state index in [0.29, 0.717) is 6.42 Å². The van der Waals surface area contributed by atoms with Crippen molar-refractivity contribution in [3.63, 3.8) is 0 Å². The van der Waals surface area contributed by atoms with Crippen molar-refractivity contribution in [2.75, 3.05) is 14.2 Å². The number of carbonyl (C=O) groups excluding carboxylic acids is 1. The van der Waals surface area contributed by atoms with Gasteiger partial charge in [0.25, 0.3) is 0 Å². The molecule has 2 atom stereocenters. The van der Waals surface area contributed by atoms with E-state index in [1.807, 2.05) is 25.1 Å². The van der Waals surface area contributed by atoms with Crippen LogP contribution in [0.1, 0.15) is 25.8 Å². The summed E-state index contributed by atoms with van der Waals surface area (Å²) in [7, 11) is 3.28. The van der Waals surface area contributed by atoms with Gasteiger partial charge >= 0.3 is 0 Å². The normalized spacial score (nSPS) is 26.9. The Morgan fingerprint density at radius 1 is 1.33 bits per heavy atom. The summed E-state index contributed by atoms with van der Waals surface area (Å²) in [5.74, 6) is 1.65. The number of carbonyl (C=O) groups is 1. The van der Waals surface area contributed by atoms with E-state index in [2.05, 4.69) is 12.2 Å². The number of methoxy groups -OCH3 is 2. The molecule has 1 aliphatic rings. The van der Waals surface area contributed by atoms with E-state index in [-0.39, 0.29) is 17.4 Å². The molecule has 4 heteroatoms. The van der Waals surface area contributed by atoms with E-state index in [1.165, 1.54) is 0 Å². The number of ether oxygens (including phenoxy) is 2. The summed E-state index contributed by atoms with van der Waals surface area (Å²) >= 11 is 0. The van der Waals surface area contributed by atoms with E-state index in [0.717, 1.165) is 17.1 Å². The minimum atomic E-state index is -0.267. The minimum Gasteiger partial charge on any atom is -0.497 e. The molecule has 0 radical (unpaired) electrons. The Balaban J connectivity index is 2.51. The molecule has 4 nitrogen and oxygen atoms in total. The smallest absolute Gasteiger partial charge is 0.221 e. The van der Waals surface area contributed by atoms with Crippen molar-refractivity contribution < 1.29 is 14.3 Å². The summed E-state index contributed by atoms with van der Waals surface area (Å²) in [6.07, 6.45) is 0.470. The zero-order chi connectivity index (χ0) is 13.3. The van der Waals surface area contributed by atoms with Crippen molar-refractivity contribution in [1.29, 1.82) is 0 Å². The maximum Gasteiger partial charge on any atom is 0.221 e. The zero-order valence-corrected chi connectivity index (χ0v) is 11.2. The third-order valence-corrected chi connectivity index (χ3v) is 3.88. The van der Waals surface area contributed by atoms with Crippen LogP contribution in [0.15, 0.2) is 18.2 Å². The molecule has 1 saturated heterocycles. The standard InChI is InChI=1S/C14H19NO3/c1-9-14(2,8-13(16)15-9)11-7-10(17-3)5-6-12(11)18-4/h5-7,9H,8H2,1-4H3,(H,15,16). The summed E-state index contributed by atoms with van der Waals surface area (Å²) in [5.41, 5.74) is 0.743. The Hall–Kier alpha value is -1.71. The molecule has 18 heavy (non-hydrogen) atoms. The van der Waals surface area contributed by atoms with Crippen LogP contribution in [-0.4, -0.2) is 26.2 Å². The Labute approximate surface area is 107 Å². The van der Waals surface area contributed by atoms with E-state index in [9.17, 15) is 4.79 Å². The van der Waals surface area contributed by atoms with Gasteiger partial charge < -0.3 is 14.8 Å². The molecular weight excluding hydrogens is 230 g/mol. The van der Waals surface area contributed by atoms with Crippen molar-refractivity contribution in [2.24, 2.45) is 0 Å². The molecule has 1 aromatic carbocycles. The van der Waals surface area contributed by atoms with Gasteiger partial charge in [0.15, 0.2) is 0 Å². The van der Waals surface area contributed by atoms with Crippen LogP contribution in [-0.2, 0) is 10.2 Å². The number of hydrogen-bond acceptors (Lipinski definition) is 3. The molecule has 0 spiro atoms. The largest absolute Gasteiger partial charge is 0.497 e. The molecule has 0 saturated carbocycles. The first-order chi connectivity index (χ1) is 8.51. The topological polar surface area (TPSA) is 47.6 Å². The Kier molecular flexibility index (Phi) is 3.20. The highest BCUT2D eigenvalue weighted by Crippen LogP contribution is 2.41. The molecule has 1 heterocycles. The van der Waals surface area contributed by atoms with Crippen molar-refractivity contribution in [2.45, 2.75) is 31.7 Å². The van der Waals surface area contributed by atoms with Crippen molar-refractivity contribution in [3.05, 3.63) is 23.8 Å². The lowest BCUT2D eigenvalue weighted by Gasteiger charge is -2.30. The molecule has 0 aliphatic carbocycles. The lowest BCUT2D eigenvalue weighted by molar-refractivity contribution is -0.119. The lowest BCUT2D eigenvalue weighted by atomic mass is 9.76. The summed E-state index contributed by atoms with van der Waals surface area (Å²) < 4.78 is 10.7. The predicted octanol–water partition coefficient (Wildman–Crippen LogP) is 1.87. The summed E-state index contributed by atoms with van der Waals surface area (Å²) in [4.78, 5) is 11.6. The van der Waals surface area contributed by atoms with Crippen LogP contribution in [0, 0.1) is 0 Å². The van der Waals surface area contributed by atoms with Crippen LogP contribution in [0.5, 0.6) is 11.5 Å². The maximum absolute atomic E-state index is 11.6. The molecule has 1 amide bonds. The Bertz CT molecular complexity index is 472. The summed E-state index contributed by atoms with van der Waals surface area (Å²) in [6, 6.07) is 5.77. The van der Waals surface area contributed by atoms with Gasteiger partial charge in [-0.25, -0.2) is 0 Å². The highest BCUT2D eigenvalue weighted by Gasteiger charge is 2.43. The average molecular weight is 249 g/mol. The van der Waals surface area contributed by atoms with Gasteiger partial charge in [0.1, 0.15) is 11.5 Å². The highest BCUT2D eigenvalue weighted by atomic mass is 16.5. The molecule has 2 unspecified atom stereocenters. The van der Waals surface area contributed by atoms with Gasteiger partial charge in [0.2, 0.25) is 5.91 Å². The van der Waals surface area contributed by atoms with E-state index < -0.39 is 0 Å². The molecule has 0 bridgehead atoms. The van der Waals surface area contributed by atoms with Crippen molar-refractivity contribution >= 4 is 5.91 Å². The second kappa shape index (κ2) is 4.52. The van der Waals surface area contributed by atoms with Gasteiger partial charge in [-0.05, 0) is 25.1 Å². The van der Waals surface area contributed by atoms with Gasteiger partial charge in [0.05, 0.1) is 14.2 Å². The first-order valence-corrected chi connectivity index (χ1v) is 6.03. The fourth-order valence-corrected chi connectivity index (χ4v) is 2.53. The molecule has 98 valence electrons. The fourth-order valence-electron chi connectivity index (χ4n) is 2.53. The maximum atomic E-state index is 11.6. The highest BCUT2D eigenvalue weighted by molar-refractivity contribution is 5.81. The van der Waals surface area contributed by atoms with Crippen molar-refractivity contribution in [1.82, 2.24) is 5.32 Å². The third kappa shape index (κ3) is 1.92. The van der Waals surface area contributed by atoms with Crippen LogP contribution >= 0.6 is 0 Å². The molecule has 0 aromatic heterocycles. The second-order valence-corrected chi connectivity index (χ2v) is 4.95. The Morgan fingerprint density at radius 3 is 2.56 bits per heavy atom. The first kappa shape index (κ1) is 12.7. The quantitative estimate of drug-likeness (QED) is 0.889.